The quantitative estimate of drug-likeness (QED) is 0.582. The number of ether oxygens (including phenoxy) is 1. The van der Waals surface area contributed by atoms with Gasteiger partial charge in [0.1, 0.15) is 0 Å². The summed E-state index contributed by atoms with van der Waals surface area (Å²) >= 11 is 0. The molecule has 3 heteroatoms. The zero-order valence-electron chi connectivity index (χ0n) is 8.12. The number of carbonyl (C=O) groups is 1. The molecule has 1 unspecified atom stereocenters. The molecule has 1 N–H and O–H groups in total. The maximum atomic E-state index is 11.3. The lowest BCUT2D eigenvalue weighted by Crippen LogP contribution is -2.04. The van der Waals surface area contributed by atoms with Crippen molar-refractivity contribution >= 4 is 5.97 Å². The molecule has 0 amide bonds. The summed E-state index contributed by atoms with van der Waals surface area (Å²) in [7, 11) is 0. The Morgan fingerprint density at radius 2 is 2.14 bits per heavy atom. The maximum Gasteiger partial charge on any atom is 0.338 e. The summed E-state index contributed by atoms with van der Waals surface area (Å²) in [5.41, 5.74) is 1.86. The molecule has 1 aromatic rings. The number of esters is 1. The van der Waals surface area contributed by atoms with Crippen molar-refractivity contribution < 1.29 is 9.53 Å². The highest BCUT2D eigenvalue weighted by Crippen LogP contribution is 2.21. The Kier molecular flexibility index (Phi) is 2.50. The van der Waals surface area contributed by atoms with Gasteiger partial charge in [0.25, 0.3) is 0 Å². The SMILES string of the molecule is CCOC(=O)c1ccc(C2CN2)cc1. The van der Waals surface area contributed by atoms with Gasteiger partial charge < -0.3 is 10.1 Å². The molecule has 1 heterocycles. The third-order valence-electron chi connectivity index (χ3n) is 2.23. The van der Waals surface area contributed by atoms with Crippen LogP contribution >= 0.6 is 0 Å². The van der Waals surface area contributed by atoms with E-state index in [0.29, 0.717) is 18.2 Å². The largest absolute Gasteiger partial charge is 0.462 e. The average Bonchev–Trinajstić information content (AvgIpc) is 3.02. The van der Waals surface area contributed by atoms with Crippen LogP contribution in [-0.2, 0) is 4.74 Å². The van der Waals surface area contributed by atoms with Crippen molar-refractivity contribution in [1.82, 2.24) is 5.32 Å². The van der Waals surface area contributed by atoms with Crippen LogP contribution in [0.1, 0.15) is 28.9 Å². The van der Waals surface area contributed by atoms with Gasteiger partial charge in [-0.15, -0.1) is 0 Å². The Hall–Kier alpha value is -1.35. The summed E-state index contributed by atoms with van der Waals surface area (Å²) in [6, 6.07) is 8.06. The normalized spacial score (nSPS) is 19.1. The van der Waals surface area contributed by atoms with Crippen LogP contribution in [0.25, 0.3) is 0 Å². The summed E-state index contributed by atoms with van der Waals surface area (Å²) in [4.78, 5) is 11.3. The van der Waals surface area contributed by atoms with Crippen LogP contribution in [0.5, 0.6) is 0 Å². The fourth-order valence-electron chi connectivity index (χ4n) is 1.36. The van der Waals surface area contributed by atoms with Crippen molar-refractivity contribution in [3.05, 3.63) is 35.4 Å². The lowest BCUT2D eigenvalue weighted by molar-refractivity contribution is 0.0526. The highest BCUT2D eigenvalue weighted by molar-refractivity contribution is 5.89. The predicted molar refractivity (Wildman–Crippen MR) is 53.1 cm³/mol. The molecular formula is C11H13NO2. The zero-order chi connectivity index (χ0) is 9.97. The summed E-state index contributed by atoms with van der Waals surface area (Å²) in [5.74, 6) is -0.247. The topological polar surface area (TPSA) is 48.2 Å². The molecule has 0 spiro atoms. The molecule has 2 rings (SSSR count). The number of carbonyl (C=O) groups excluding carboxylic acids is 1. The molecule has 3 nitrogen and oxygen atoms in total. The third-order valence-corrected chi connectivity index (χ3v) is 2.23. The minimum atomic E-state index is -0.247. The van der Waals surface area contributed by atoms with Crippen molar-refractivity contribution in [3.8, 4) is 0 Å². The fourth-order valence-corrected chi connectivity index (χ4v) is 1.36. The van der Waals surface area contributed by atoms with E-state index in [9.17, 15) is 4.79 Å². The molecule has 0 radical (unpaired) electrons. The first-order valence-electron chi connectivity index (χ1n) is 4.81. The Balaban J connectivity index is 2.08. The van der Waals surface area contributed by atoms with Crippen LogP contribution in [0.3, 0.4) is 0 Å². The molecule has 1 saturated heterocycles. The Morgan fingerprint density at radius 1 is 1.50 bits per heavy atom. The van der Waals surface area contributed by atoms with Gasteiger partial charge >= 0.3 is 5.97 Å². The van der Waals surface area contributed by atoms with E-state index in [1.807, 2.05) is 24.3 Å². The minimum Gasteiger partial charge on any atom is -0.462 e. The second-order valence-electron chi connectivity index (χ2n) is 3.30. The van der Waals surface area contributed by atoms with Crippen molar-refractivity contribution in [2.24, 2.45) is 0 Å². The lowest BCUT2D eigenvalue weighted by atomic mass is 10.1. The monoisotopic (exact) mass is 191 g/mol. The second-order valence-corrected chi connectivity index (χ2v) is 3.30. The highest BCUT2D eigenvalue weighted by Gasteiger charge is 2.21. The molecule has 0 saturated carbocycles. The van der Waals surface area contributed by atoms with Crippen LogP contribution in [0, 0.1) is 0 Å². The van der Waals surface area contributed by atoms with Gasteiger partial charge in [-0.25, -0.2) is 4.79 Å². The molecule has 1 aliphatic rings. The third kappa shape index (κ3) is 1.93. The van der Waals surface area contributed by atoms with E-state index >= 15 is 0 Å². The Labute approximate surface area is 83.1 Å². The van der Waals surface area contributed by atoms with Gasteiger partial charge in [-0.1, -0.05) is 12.1 Å². The maximum absolute atomic E-state index is 11.3. The fraction of sp³-hybridized carbons (Fsp3) is 0.364. The number of nitrogens with one attached hydrogen (secondary N) is 1. The molecule has 1 fully saturated rings. The van der Waals surface area contributed by atoms with Crippen molar-refractivity contribution in [1.29, 1.82) is 0 Å². The lowest BCUT2D eigenvalue weighted by Gasteiger charge is -2.02. The molecular weight excluding hydrogens is 178 g/mol. The first-order valence-corrected chi connectivity index (χ1v) is 4.81. The van der Waals surface area contributed by atoms with E-state index in [4.69, 9.17) is 4.74 Å². The molecule has 0 aromatic heterocycles. The van der Waals surface area contributed by atoms with Crippen molar-refractivity contribution in [2.75, 3.05) is 13.2 Å². The van der Waals surface area contributed by atoms with E-state index in [0.717, 1.165) is 6.54 Å². The van der Waals surface area contributed by atoms with Crippen LogP contribution in [0.4, 0.5) is 0 Å². The standard InChI is InChI=1S/C11H13NO2/c1-2-14-11(13)9-5-3-8(4-6-9)10-7-12-10/h3-6,10,12H,2,7H2,1H3. The number of hydrogen-bond donors (Lipinski definition) is 1. The van der Waals surface area contributed by atoms with E-state index in [1.54, 1.807) is 6.92 Å². The van der Waals surface area contributed by atoms with Gasteiger partial charge in [-0.2, -0.15) is 0 Å². The Morgan fingerprint density at radius 3 is 2.64 bits per heavy atom. The van der Waals surface area contributed by atoms with Crippen LogP contribution in [0.2, 0.25) is 0 Å². The molecule has 0 bridgehead atoms. The highest BCUT2D eigenvalue weighted by atomic mass is 16.5. The first kappa shape index (κ1) is 9.21. The second kappa shape index (κ2) is 3.80. The van der Waals surface area contributed by atoms with Crippen LogP contribution in [-0.4, -0.2) is 19.1 Å². The van der Waals surface area contributed by atoms with E-state index in [-0.39, 0.29) is 5.97 Å². The number of benzene rings is 1. The molecule has 1 aromatic carbocycles. The molecule has 74 valence electrons. The van der Waals surface area contributed by atoms with Crippen molar-refractivity contribution in [2.45, 2.75) is 13.0 Å². The Bertz CT molecular complexity index is 328. The molecule has 1 aliphatic heterocycles. The predicted octanol–water partition coefficient (Wildman–Crippen LogP) is 1.51. The summed E-state index contributed by atoms with van der Waals surface area (Å²) < 4.78 is 4.89. The number of hydrogen-bond acceptors (Lipinski definition) is 3. The van der Waals surface area contributed by atoms with Gasteiger partial charge in [0.2, 0.25) is 0 Å². The first-order chi connectivity index (χ1) is 6.81. The summed E-state index contributed by atoms with van der Waals surface area (Å²) in [5, 5.41) is 3.21. The van der Waals surface area contributed by atoms with Crippen LogP contribution in [0.15, 0.2) is 24.3 Å². The zero-order valence-corrected chi connectivity index (χ0v) is 8.12. The molecule has 1 atom stereocenters. The van der Waals surface area contributed by atoms with Gasteiger partial charge in [-0.3, -0.25) is 0 Å². The smallest absolute Gasteiger partial charge is 0.338 e. The van der Waals surface area contributed by atoms with E-state index < -0.39 is 0 Å². The average molecular weight is 191 g/mol. The summed E-state index contributed by atoms with van der Waals surface area (Å²) in [6.07, 6.45) is 0. The summed E-state index contributed by atoms with van der Waals surface area (Å²) in [6.45, 7) is 3.27. The molecule has 0 aliphatic carbocycles. The van der Waals surface area contributed by atoms with Gasteiger partial charge in [0.15, 0.2) is 0 Å². The molecule has 14 heavy (non-hydrogen) atoms. The van der Waals surface area contributed by atoms with Crippen LogP contribution < -0.4 is 5.32 Å². The van der Waals surface area contributed by atoms with Gasteiger partial charge in [0.05, 0.1) is 12.2 Å². The number of rotatable bonds is 3. The van der Waals surface area contributed by atoms with Gasteiger partial charge in [-0.05, 0) is 24.6 Å². The van der Waals surface area contributed by atoms with Crippen molar-refractivity contribution in [3.63, 3.8) is 0 Å². The minimum absolute atomic E-state index is 0.247. The van der Waals surface area contributed by atoms with Gasteiger partial charge in [0, 0.05) is 12.6 Å². The van der Waals surface area contributed by atoms with E-state index in [2.05, 4.69) is 5.32 Å². The van der Waals surface area contributed by atoms with E-state index in [1.165, 1.54) is 5.56 Å².